The molecule has 0 aromatic rings. The molecular weight excluding hydrogens is 195 g/mol. The molecule has 3 nitrogen and oxygen atoms in total. The molecule has 0 aromatic carbocycles. The SMILES string of the molecule is NC1CC2CCC(CC3(F)COC3)(C1)N2. The summed E-state index contributed by atoms with van der Waals surface area (Å²) in [6.07, 6.45) is 4.80. The number of halogens is 1. The largest absolute Gasteiger partial charge is 0.375 e. The Balaban J connectivity index is 1.72. The predicted molar refractivity (Wildman–Crippen MR) is 55.4 cm³/mol. The average Bonchev–Trinajstić information content (AvgIpc) is 2.39. The number of alkyl halides is 1. The number of piperidine rings is 1. The molecule has 3 atom stereocenters. The summed E-state index contributed by atoms with van der Waals surface area (Å²) in [5, 5.41) is 3.58. The van der Waals surface area contributed by atoms with Crippen LogP contribution in [0, 0.1) is 0 Å². The Morgan fingerprint density at radius 1 is 1.47 bits per heavy atom. The van der Waals surface area contributed by atoms with Gasteiger partial charge in [-0.1, -0.05) is 0 Å². The number of nitrogens with two attached hydrogens (primary N) is 1. The number of rotatable bonds is 2. The molecule has 3 fully saturated rings. The molecule has 86 valence electrons. The molecule has 3 aliphatic heterocycles. The first-order valence-electron chi connectivity index (χ1n) is 5.89. The Morgan fingerprint density at radius 2 is 2.27 bits per heavy atom. The fourth-order valence-corrected chi connectivity index (χ4v) is 3.56. The maximum atomic E-state index is 14.1. The summed E-state index contributed by atoms with van der Waals surface area (Å²) in [6.45, 7) is 0.548. The molecule has 0 saturated carbocycles. The van der Waals surface area contributed by atoms with Crippen molar-refractivity contribution < 1.29 is 9.13 Å². The van der Waals surface area contributed by atoms with Crippen LogP contribution in [0.25, 0.3) is 0 Å². The molecule has 0 aromatic heterocycles. The molecule has 15 heavy (non-hydrogen) atoms. The van der Waals surface area contributed by atoms with Crippen LogP contribution in [-0.2, 0) is 4.74 Å². The zero-order valence-corrected chi connectivity index (χ0v) is 8.97. The van der Waals surface area contributed by atoms with Crippen molar-refractivity contribution in [3.8, 4) is 0 Å². The minimum atomic E-state index is -1.08. The van der Waals surface area contributed by atoms with Crippen LogP contribution >= 0.6 is 0 Å². The van der Waals surface area contributed by atoms with E-state index in [9.17, 15) is 4.39 Å². The molecule has 0 aliphatic carbocycles. The first kappa shape index (κ1) is 10.00. The van der Waals surface area contributed by atoms with E-state index in [4.69, 9.17) is 10.5 Å². The van der Waals surface area contributed by atoms with Crippen LogP contribution in [0.5, 0.6) is 0 Å². The van der Waals surface area contributed by atoms with E-state index in [1.807, 2.05) is 0 Å². The average molecular weight is 214 g/mol. The molecule has 0 amide bonds. The van der Waals surface area contributed by atoms with Crippen molar-refractivity contribution >= 4 is 0 Å². The minimum Gasteiger partial charge on any atom is -0.375 e. The van der Waals surface area contributed by atoms with E-state index in [1.54, 1.807) is 0 Å². The fourth-order valence-electron chi connectivity index (χ4n) is 3.56. The van der Waals surface area contributed by atoms with Crippen molar-refractivity contribution in [2.24, 2.45) is 5.73 Å². The number of ether oxygens (including phenoxy) is 1. The van der Waals surface area contributed by atoms with Gasteiger partial charge in [-0.25, -0.2) is 4.39 Å². The normalized spacial score (nSPS) is 47.6. The summed E-state index contributed by atoms with van der Waals surface area (Å²) in [4.78, 5) is 0. The van der Waals surface area contributed by atoms with Crippen molar-refractivity contribution in [1.82, 2.24) is 5.32 Å². The number of hydrogen-bond donors (Lipinski definition) is 2. The standard InChI is InChI=1S/C11H19FN2O/c12-10(6-15-7-10)5-11-2-1-9(14-11)3-8(13)4-11/h8-9,14H,1-7,13H2. The maximum absolute atomic E-state index is 14.1. The Labute approximate surface area is 89.5 Å². The third kappa shape index (κ3) is 1.69. The highest BCUT2D eigenvalue weighted by Crippen LogP contribution is 2.43. The van der Waals surface area contributed by atoms with Crippen LogP contribution in [-0.4, -0.2) is 36.5 Å². The van der Waals surface area contributed by atoms with Gasteiger partial charge >= 0.3 is 0 Å². The Kier molecular flexibility index (Phi) is 2.10. The van der Waals surface area contributed by atoms with Gasteiger partial charge in [0.1, 0.15) is 0 Å². The van der Waals surface area contributed by atoms with Gasteiger partial charge in [-0.2, -0.15) is 0 Å². The van der Waals surface area contributed by atoms with Crippen molar-refractivity contribution in [2.75, 3.05) is 13.2 Å². The van der Waals surface area contributed by atoms with Gasteiger partial charge in [0, 0.05) is 24.0 Å². The van der Waals surface area contributed by atoms with Crippen molar-refractivity contribution in [3.63, 3.8) is 0 Å². The summed E-state index contributed by atoms with van der Waals surface area (Å²) < 4.78 is 19.0. The summed E-state index contributed by atoms with van der Waals surface area (Å²) in [5.74, 6) is 0. The maximum Gasteiger partial charge on any atom is 0.159 e. The van der Waals surface area contributed by atoms with E-state index < -0.39 is 5.67 Å². The zero-order valence-electron chi connectivity index (χ0n) is 8.97. The van der Waals surface area contributed by atoms with E-state index in [0.29, 0.717) is 12.5 Å². The van der Waals surface area contributed by atoms with Gasteiger partial charge in [0.15, 0.2) is 5.67 Å². The van der Waals surface area contributed by atoms with E-state index in [1.165, 1.54) is 0 Å². The molecule has 2 bridgehead atoms. The lowest BCUT2D eigenvalue weighted by atomic mass is 9.78. The lowest BCUT2D eigenvalue weighted by Crippen LogP contribution is -2.59. The molecule has 3 saturated heterocycles. The molecule has 3 rings (SSSR count). The van der Waals surface area contributed by atoms with Gasteiger partial charge in [0.05, 0.1) is 13.2 Å². The van der Waals surface area contributed by atoms with Crippen LogP contribution < -0.4 is 11.1 Å². The van der Waals surface area contributed by atoms with Gasteiger partial charge in [0.2, 0.25) is 0 Å². The summed E-state index contributed by atoms with van der Waals surface area (Å²) >= 11 is 0. The Morgan fingerprint density at radius 3 is 2.93 bits per heavy atom. The molecule has 3 N–H and O–H groups in total. The first-order valence-corrected chi connectivity index (χ1v) is 5.89. The van der Waals surface area contributed by atoms with Crippen LogP contribution in [0.1, 0.15) is 32.1 Å². The van der Waals surface area contributed by atoms with Gasteiger partial charge < -0.3 is 15.8 Å². The van der Waals surface area contributed by atoms with E-state index in [-0.39, 0.29) is 24.8 Å². The third-order valence-electron chi connectivity index (χ3n) is 4.10. The number of fused-ring (bicyclic) bond motifs is 2. The highest BCUT2D eigenvalue weighted by atomic mass is 19.1. The Hall–Kier alpha value is -0.190. The van der Waals surface area contributed by atoms with Crippen LogP contribution in [0.2, 0.25) is 0 Å². The van der Waals surface area contributed by atoms with Crippen molar-refractivity contribution in [1.29, 1.82) is 0 Å². The molecular formula is C11H19FN2O. The molecule has 0 radical (unpaired) electrons. The number of nitrogens with one attached hydrogen (secondary N) is 1. The van der Waals surface area contributed by atoms with Crippen LogP contribution in [0.15, 0.2) is 0 Å². The highest BCUT2D eigenvalue weighted by Gasteiger charge is 2.51. The summed E-state index contributed by atoms with van der Waals surface area (Å²) in [5.41, 5.74) is 4.91. The summed E-state index contributed by atoms with van der Waals surface area (Å²) in [6, 6.07) is 0.779. The van der Waals surface area contributed by atoms with E-state index in [0.717, 1.165) is 25.7 Å². The minimum absolute atomic E-state index is 0.0269. The second kappa shape index (κ2) is 3.15. The lowest BCUT2D eigenvalue weighted by molar-refractivity contribution is -0.144. The number of hydrogen-bond acceptors (Lipinski definition) is 3. The van der Waals surface area contributed by atoms with Crippen molar-refractivity contribution in [2.45, 2.75) is 55.4 Å². The smallest absolute Gasteiger partial charge is 0.159 e. The third-order valence-corrected chi connectivity index (χ3v) is 4.10. The molecule has 3 unspecified atom stereocenters. The van der Waals surface area contributed by atoms with Crippen LogP contribution in [0.3, 0.4) is 0 Å². The highest BCUT2D eigenvalue weighted by molar-refractivity contribution is 5.09. The summed E-state index contributed by atoms with van der Waals surface area (Å²) in [7, 11) is 0. The van der Waals surface area contributed by atoms with Crippen LogP contribution in [0.4, 0.5) is 4.39 Å². The zero-order chi connectivity index (χ0) is 10.5. The predicted octanol–water partition coefficient (Wildman–Crippen LogP) is 0.727. The second-order valence-electron chi connectivity index (χ2n) is 5.68. The van der Waals surface area contributed by atoms with Gasteiger partial charge in [0.25, 0.3) is 0 Å². The molecule has 3 aliphatic rings. The van der Waals surface area contributed by atoms with E-state index >= 15 is 0 Å². The lowest BCUT2D eigenvalue weighted by Gasteiger charge is -2.45. The fraction of sp³-hybridized carbons (Fsp3) is 1.00. The molecule has 3 heterocycles. The van der Waals surface area contributed by atoms with E-state index in [2.05, 4.69) is 5.32 Å². The van der Waals surface area contributed by atoms with Gasteiger partial charge in [-0.15, -0.1) is 0 Å². The molecule has 4 heteroatoms. The molecule has 0 spiro atoms. The van der Waals surface area contributed by atoms with Gasteiger partial charge in [-0.05, 0) is 25.7 Å². The Bertz CT molecular complexity index is 269. The quantitative estimate of drug-likeness (QED) is 0.712. The van der Waals surface area contributed by atoms with Crippen molar-refractivity contribution in [3.05, 3.63) is 0 Å². The monoisotopic (exact) mass is 214 g/mol. The van der Waals surface area contributed by atoms with Gasteiger partial charge in [-0.3, -0.25) is 0 Å². The first-order chi connectivity index (χ1) is 7.09. The second-order valence-corrected chi connectivity index (χ2v) is 5.68. The topological polar surface area (TPSA) is 47.3 Å².